The van der Waals surface area contributed by atoms with Crippen LogP contribution in [0.25, 0.3) is 6.08 Å². The van der Waals surface area contributed by atoms with Crippen molar-refractivity contribution in [1.82, 2.24) is 0 Å². The number of carbonyl (C=O) groups excluding carboxylic acids is 1. The molecule has 162 valence electrons. The highest BCUT2D eigenvalue weighted by Gasteiger charge is 2.15. The quantitative estimate of drug-likeness (QED) is 0.261. The second-order valence-electron chi connectivity index (χ2n) is 6.46. The highest BCUT2D eigenvalue weighted by atomic mass is 35.5. The topological polar surface area (TPSA) is 62.1 Å². The van der Waals surface area contributed by atoms with Crippen LogP contribution in [0.1, 0.15) is 11.1 Å². The molecule has 9 heteroatoms. The summed E-state index contributed by atoms with van der Waals surface area (Å²) >= 11 is 30.5. The van der Waals surface area contributed by atoms with E-state index in [4.69, 9.17) is 62.7 Å². The van der Waals surface area contributed by atoms with Crippen molar-refractivity contribution in [2.24, 2.45) is 0 Å². The van der Waals surface area contributed by atoms with Gasteiger partial charge >= 0.3 is 0 Å². The minimum atomic E-state index is -0.627. The summed E-state index contributed by atoms with van der Waals surface area (Å²) in [6.45, 7) is 0.0782. The third-order valence-corrected chi connectivity index (χ3v) is 5.49. The average Bonchev–Trinajstić information content (AvgIpc) is 2.72. The van der Waals surface area contributed by atoms with Gasteiger partial charge in [-0.2, -0.15) is 5.26 Å². The first-order chi connectivity index (χ1) is 15.3. The van der Waals surface area contributed by atoms with Gasteiger partial charge in [0.15, 0.2) is 0 Å². The molecule has 3 aromatic rings. The predicted molar refractivity (Wildman–Crippen MR) is 131 cm³/mol. The second kappa shape index (κ2) is 11.0. The van der Waals surface area contributed by atoms with Crippen molar-refractivity contribution in [3.8, 4) is 11.8 Å². The Kier molecular flexibility index (Phi) is 8.31. The van der Waals surface area contributed by atoms with Crippen LogP contribution in [0.2, 0.25) is 25.1 Å². The normalized spacial score (nSPS) is 11.1. The first-order valence-corrected chi connectivity index (χ1v) is 10.9. The van der Waals surface area contributed by atoms with Crippen molar-refractivity contribution in [3.05, 3.63) is 96.4 Å². The molecular formula is C23H13Cl5N2O2. The Bertz CT molecular complexity index is 1250. The van der Waals surface area contributed by atoms with Gasteiger partial charge in [-0.15, -0.1) is 0 Å². The molecule has 0 radical (unpaired) electrons. The highest BCUT2D eigenvalue weighted by Crippen LogP contribution is 2.35. The number of carbonyl (C=O) groups is 1. The smallest absolute Gasteiger partial charge is 0.266 e. The van der Waals surface area contributed by atoms with Gasteiger partial charge in [0.2, 0.25) is 0 Å². The van der Waals surface area contributed by atoms with Crippen molar-refractivity contribution in [2.45, 2.75) is 6.61 Å². The Morgan fingerprint density at radius 1 is 0.938 bits per heavy atom. The molecule has 0 atom stereocenters. The van der Waals surface area contributed by atoms with Crippen LogP contribution in [0, 0.1) is 11.3 Å². The molecule has 0 bridgehead atoms. The van der Waals surface area contributed by atoms with Crippen LogP contribution in [0.3, 0.4) is 0 Å². The van der Waals surface area contributed by atoms with Crippen molar-refractivity contribution in [2.75, 3.05) is 5.32 Å². The van der Waals surface area contributed by atoms with E-state index in [1.807, 2.05) is 6.07 Å². The number of halogens is 5. The molecule has 4 nitrogen and oxygen atoms in total. The number of hydrogen-bond donors (Lipinski definition) is 1. The maximum Gasteiger partial charge on any atom is 0.266 e. The van der Waals surface area contributed by atoms with E-state index in [1.54, 1.807) is 42.5 Å². The molecule has 32 heavy (non-hydrogen) atoms. The predicted octanol–water partition coefficient (Wildman–Crippen LogP) is 8.08. The number of rotatable bonds is 6. The molecule has 0 aromatic heterocycles. The summed E-state index contributed by atoms with van der Waals surface area (Å²) in [6, 6.07) is 16.5. The fourth-order valence-corrected chi connectivity index (χ4v) is 3.91. The Hall–Kier alpha value is -2.39. The molecule has 3 aromatic carbocycles. The van der Waals surface area contributed by atoms with E-state index in [9.17, 15) is 10.1 Å². The SMILES string of the molecule is N#C/C(=C\c1cc(Cl)cc(Cl)c1OCc1ccc(Cl)cc1Cl)C(=O)Nc1cccc(Cl)c1. The fraction of sp³-hybridized carbons (Fsp3) is 0.0435. The lowest BCUT2D eigenvalue weighted by atomic mass is 10.1. The highest BCUT2D eigenvalue weighted by molar-refractivity contribution is 6.36. The number of nitriles is 1. The van der Waals surface area contributed by atoms with Crippen molar-refractivity contribution in [3.63, 3.8) is 0 Å². The van der Waals surface area contributed by atoms with E-state index in [-0.39, 0.29) is 23.0 Å². The molecule has 0 aliphatic heterocycles. The van der Waals surface area contributed by atoms with E-state index < -0.39 is 5.91 Å². The maximum absolute atomic E-state index is 12.6. The van der Waals surface area contributed by atoms with Crippen LogP contribution in [0.4, 0.5) is 5.69 Å². The minimum absolute atomic E-state index is 0.0782. The molecule has 0 saturated heterocycles. The number of benzene rings is 3. The molecule has 0 spiro atoms. The molecule has 0 fully saturated rings. The van der Waals surface area contributed by atoms with Crippen LogP contribution < -0.4 is 10.1 Å². The fourth-order valence-electron chi connectivity index (χ4n) is 2.70. The molecule has 1 N–H and O–H groups in total. The van der Waals surface area contributed by atoms with Gasteiger partial charge in [-0.3, -0.25) is 4.79 Å². The Balaban J connectivity index is 1.90. The summed E-state index contributed by atoms with van der Waals surface area (Å²) in [5.41, 5.74) is 1.29. The third kappa shape index (κ3) is 6.32. The van der Waals surface area contributed by atoms with E-state index >= 15 is 0 Å². The lowest BCUT2D eigenvalue weighted by molar-refractivity contribution is -0.112. The molecule has 0 aliphatic rings. The zero-order valence-electron chi connectivity index (χ0n) is 16.1. The Morgan fingerprint density at radius 2 is 1.66 bits per heavy atom. The maximum atomic E-state index is 12.6. The van der Waals surface area contributed by atoms with E-state index in [2.05, 4.69) is 5.32 Å². The van der Waals surface area contributed by atoms with E-state index in [1.165, 1.54) is 18.2 Å². The molecular weight excluding hydrogens is 514 g/mol. The van der Waals surface area contributed by atoms with Crippen LogP contribution in [0.15, 0.2) is 60.2 Å². The van der Waals surface area contributed by atoms with Gasteiger partial charge < -0.3 is 10.1 Å². The molecule has 0 aliphatic carbocycles. The molecule has 0 saturated carbocycles. The van der Waals surface area contributed by atoms with Gasteiger partial charge in [0.1, 0.15) is 24.0 Å². The van der Waals surface area contributed by atoms with E-state index in [0.29, 0.717) is 36.9 Å². The van der Waals surface area contributed by atoms with Gasteiger partial charge in [-0.25, -0.2) is 0 Å². The average molecular weight is 527 g/mol. The molecule has 0 heterocycles. The lowest BCUT2D eigenvalue weighted by Gasteiger charge is -2.13. The Labute approximate surface area is 209 Å². The molecule has 0 unspecified atom stereocenters. The van der Waals surface area contributed by atoms with Crippen LogP contribution >= 0.6 is 58.0 Å². The van der Waals surface area contributed by atoms with Crippen LogP contribution in [-0.4, -0.2) is 5.91 Å². The van der Waals surface area contributed by atoms with Gasteiger partial charge in [-0.05, 0) is 48.5 Å². The summed E-state index contributed by atoms with van der Waals surface area (Å²) in [7, 11) is 0. The zero-order valence-corrected chi connectivity index (χ0v) is 19.9. The number of hydrogen-bond acceptors (Lipinski definition) is 3. The number of nitrogens with zero attached hydrogens (tertiary/aromatic N) is 1. The van der Waals surface area contributed by atoms with E-state index in [0.717, 1.165) is 0 Å². The van der Waals surface area contributed by atoms with Gasteiger partial charge in [-0.1, -0.05) is 70.1 Å². The number of anilines is 1. The lowest BCUT2D eigenvalue weighted by Crippen LogP contribution is -2.13. The largest absolute Gasteiger partial charge is 0.487 e. The third-order valence-electron chi connectivity index (χ3n) is 4.17. The first-order valence-electron chi connectivity index (χ1n) is 9.01. The summed E-state index contributed by atoms with van der Waals surface area (Å²) < 4.78 is 5.87. The molecule has 3 rings (SSSR count). The number of nitrogens with one attached hydrogen (secondary N) is 1. The number of ether oxygens (including phenoxy) is 1. The van der Waals surface area contributed by atoms with Gasteiger partial charge in [0.05, 0.1) is 5.02 Å². The molecule has 1 amide bonds. The first kappa shape index (κ1) is 24.3. The summed E-state index contributed by atoms with van der Waals surface area (Å²) in [4.78, 5) is 12.6. The summed E-state index contributed by atoms with van der Waals surface area (Å²) in [5.74, 6) is -0.386. The van der Waals surface area contributed by atoms with Gasteiger partial charge in [0.25, 0.3) is 5.91 Å². The Morgan fingerprint density at radius 3 is 2.34 bits per heavy atom. The standard InChI is InChI=1S/C23H13Cl5N2O2/c24-16-2-1-3-19(8-16)30-23(31)15(11-29)6-14-7-18(26)10-21(28)22(14)32-12-13-4-5-17(25)9-20(13)27/h1-10H,12H2,(H,30,31)/b15-6+. The monoisotopic (exact) mass is 524 g/mol. The second-order valence-corrected chi connectivity index (χ2v) is 8.59. The summed E-state index contributed by atoms with van der Waals surface area (Å²) in [5, 5.41) is 14.1. The minimum Gasteiger partial charge on any atom is -0.487 e. The van der Waals surface area contributed by atoms with Gasteiger partial charge in [0, 0.05) is 36.9 Å². The van der Waals surface area contributed by atoms with Crippen LogP contribution in [-0.2, 0) is 11.4 Å². The van der Waals surface area contributed by atoms with Crippen molar-refractivity contribution in [1.29, 1.82) is 5.26 Å². The summed E-state index contributed by atoms with van der Waals surface area (Å²) in [6.07, 6.45) is 1.34. The number of amides is 1. The van der Waals surface area contributed by atoms with Crippen molar-refractivity contribution >= 4 is 75.7 Å². The van der Waals surface area contributed by atoms with Crippen LogP contribution in [0.5, 0.6) is 5.75 Å². The zero-order chi connectivity index (χ0) is 23.3. The van der Waals surface area contributed by atoms with Crippen molar-refractivity contribution < 1.29 is 9.53 Å².